The van der Waals surface area contributed by atoms with Gasteiger partial charge in [-0.25, -0.2) is 13.1 Å². The highest BCUT2D eigenvalue weighted by Gasteiger charge is 2.17. The van der Waals surface area contributed by atoms with Crippen molar-refractivity contribution in [2.45, 2.75) is 36.7 Å². The third-order valence-corrected chi connectivity index (χ3v) is 5.83. The van der Waals surface area contributed by atoms with Crippen molar-refractivity contribution in [3.8, 4) is 11.4 Å². The second-order valence-electron chi connectivity index (χ2n) is 6.41. The van der Waals surface area contributed by atoms with Gasteiger partial charge in [-0.2, -0.15) is 0 Å². The lowest BCUT2D eigenvalue weighted by atomic mass is 10.3. The molecule has 1 aliphatic carbocycles. The Balaban J connectivity index is 1.49. The minimum atomic E-state index is -3.73. The average Bonchev–Trinajstić information content (AvgIpc) is 3.37. The van der Waals surface area contributed by atoms with E-state index in [9.17, 15) is 8.42 Å². The highest BCUT2D eigenvalue weighted by atomic mass is 32.2. The van der Waals surface area contributed by atoms with E-state index in [4.69, 9.17) is 4.74 Å². The van der Waals surface area contributed by atoms with Gasteiger partial charge in [0.1, 0.15) is 12.1 Å². The lowest BCUT2D eigenvalue weighted by Gasteiger charge is -2.14. The van der Waals surface area contributed by atoms with E-state index < -0.39 is 10.0 Å². The van der Waals surface area contributed by atoms with Gasteiger partial charge in [0.15, 0.2) is 0 Å². The molecule has 0 spiro atoms. The monoisotopic (exact) mass is 385 g/mol. The fraction of sp³-hybridized carbons (Fsp3) is 0.278. The number of nitrogens with zero attached hydrogens (tertiary/aromatic N) is 4. The molecule has 1 aliphatic rings. The van der Waals surface area contributed by atoms with Crippen LogP contribution in [0.5, 0.6) is 5.75 Å². The molecule has 3 aromatic rings. The second kappa shape index (κ2) is 7.36. The van der Waals surface area contributed by atoms with Crippen LogP contribution in [0.4, 0.5) is 5.69 Å². The number of hydrogen-bond donors (Lipinski definition) is 1. The van der Waals surface area contributed by atoms with E-state index in [0.29, 0.717) is 11.4 Å². The standard InChI is InChI=1S/C18H19N5O3S/c24-27(25,18-7-3-4-15(12-18)23-13-19-21-22-23)20-14-8-10-17(11-9-14)26-16-5-1-2-6-16/h3-4,7-13,16,20H,1-2,5-6H2. The Bertz CT molecular complexity index is 998. The van der Waals surface area contributed by atoms with Crippen LogP contribution in [0.1, 0.15) is 25.7 Å². The molecular formula is C18H19N5O3S. The third-order valence-electron chi connectivity index (χ3n) is 4.45. The number of anilines is 1. The molecule has 0 atom stereocenters. The molecule has 0 bridgehead atoms. The molecule has 0 aliphatic heterocycles. The van der Waals surface area contributed by atoms with Crippen molar-refractivity contribution in [2.75, 3.05) is 4.72 Å². The Morgan fingerprint density at radius 2 is 1.85 bits per heavy atom. The number of sulfonamides is 1. The number of rotatable bonds is 6. The molecule has 1 saturated carbocycles. The molecule has 1 N–H and O–H groups in total. The summed E-state index contributed by atoms with van der Waals surface area (Å²) in [5.41, 5.74) is 1.03. The highest BCUT2D eigenvalue weighted by molar-refractivity contribution is 7.92. The predicted molar refractivity (Wildman–Crippen MR) is 99.3 cm³/mol. The minimum Gasteiger partial charge on any atom is -0.490 e. The topological polar surface area (TPSA) is 99.0 Å². The summed E-state index contributed by atoms with van der Waals surface area (Å²) in [6, 6.07) is 13.4. The Hall–Kier alpha value is -2.94. The van der Waals surface area contributed by atoms with E-state index in [1.807, 2.05) is 0 Å². The van der Waals surface area contributed by atoms with Crippen LogP contribution in [0.25, 0.3) is 5.69 Å². The fourth-order valence-corrected chi connectivity index (χ4v) is 4.18. The van der Waals surface area contributed by atoms with Crippen LogP contribution in [0.2, 0.25) is 0 Å². The van der Waals surface area contributed by atoms with Gasteiger partial charge in [-0.1, -0.05) is 6.07 Å². The summed E-state index contributed by atoms with van der Waals surface area (Å²) < 4.78 is 35.3. The van der Waals surface area contributed by atoms with Gasteiger partial charge in [0.25, 0.3) is 10.0 Å². The van der Waals surface area contributed by atoms with Gasteiger partial charge in [-0.3, -0.25) is 4.72 Å². The number of nitrogens with one attached hydrogen (secondary N) is 1. The summed E-state index contributed by atoms with van der Waals surface area (Å²) in [6.07, 6.45) is 6.22. The molecule has 1 fully saturated rings. The van der Waals surface area contributed by atoms with Gasteiger partial charge < -0.3 is 4.74 Å². The summed E-state index contributed by atoms with van der Waals surface area (Å²) in [5.74, 6) is 0.755. The van der Waals surface area contributed by atoms with Crippen molar-refractivity contribution in [2.24, 2.45) is 0 Å². The minimum absolute atomic E-state index is 0.127. The molecule has 2 aromatic carbocycles. The van der Waals surface area contributed by atoms with E-state index in [2.05, 4.69) is 20.2 Å². The molecule has 0 amide bonds. The van der Waals surface area contributed by atoms with E-state index in [-0.39, 0.29) is 11.0 Å². The van der Waals surface area contributed by atoms with Crippen LogP contribution in [-0.4, -0.2) is 34.7 Å². The van der Waals surface area contributed by atoms with Crippen LogP contribution in [0.15, 0.2) is 59.8 Å². The first kappa shape index (κ1) is 17.5. The normalized spacial score (nSPS) is 15.0. The number of aromatic nitrogens is 4. The molecule has 0 radical (unpaired) electrons. The molecule has 9 heteroatoms. The van der Waals surface area contributed by atoms with E-state index in [1.54, 1.807) is 36.4 Å². The Labute approximate surface area is 157 Å². The molecule has 140 valence electrons. The maximum atomic E-state index is 12.7. The first-order chi connectivity index (χ1) is 13.1. The van der Waals surface area contributed by atoms with Crippen molar-refractivity contribution in [1.82, 2.24) is 20.2 Å². The molecule has 1 aromatic heterocycles. The van der Waals surface area contributed by atoms with Crippen molar-refractivity contribution in [3.63, 3.8) is 0 Å². The second-order valence-corrected chi connectivity index (χ2v) is 8.09. The van der Waals surface area contributed by atoms with Gasteiger partial charge in [-0.05, 0) is 78.6 Å². The highest BCUT2D eigenvalue weighted by Crippen LogP contribution is 2.26. The van der Waals surface area contributed by atoms with Crippen molar-refractivity contribution in [1.29, 1.82) is 0 Å². The Morgan fingerprint density at radius 3 is 2.56 bits per heavy atom. The van der Waals surface area contributed by atoms with E-state index in [0.717, 1.165) is 18.6 Å². The van der Waals surface area contributed by atoms with Gasteiger partial charge in [0, 0.05) is 5.69 Å². The zero-order valence-corrected chi connectivity index (χ0v) is 15.3. The van der Waals surface area contributed by atoms with Crippen molar-refractivity contribution in [3.05, 3.63) is 54.9 Å². The molecule has 1 heterocycles. The smallest absolute Gasteiger partial charge is 0.261 e. The zero-order chi connectivity index (χ0) is 18.7. The largest absolute Gasteiger partial charge is 0.490 e. The summed E-state index contributed by atoms with van der Waals surface area (Å²) in [7, 11) is -3.73. The Kier molecular flexibility index (Phi) is 4.76. The maximum absolute atomic E-state index is 12.7. The zero-order valence-electron chi connectivity index (χ0n) is 14.5. The lowest BCUT2D eigenvalue weighted by Crippen LogP contribution is -2.14. The third kappa shape index (κ3) is 4.08. The van der Waals surface area contributed by atoms with Gasteiger partial charge in [-0.15, -0.1) is 5.10 Å². The number of hydrogen-bond acceptors (Lipinski definition) is 6. The molecular weight excluding hydrogens is 366 g/mol. The van der Waals surface area contributed by atoms with Crippen LogP contribution < -0.4 is 9.46 Å². The summed E-state index contributed by atoms with van der Waals surface area (Å²) in [4.78, 5) is 0.127. The molecule has 0 unspecified atom stereocenters. The quantitative estimate of drug-likeness (QED) is 0.700. The summed E-state index contributed by atoms with van der Waals surface area (Å²) >= 11 is 0. The predicted octanol–water partition coefficient (Wildman–Crippen LogP) is 2.78. The molecule has 0 saturated heterocycles. The van der Waals surface area contributed by atoms with Gasteiger partial charge in [0.05, 0.1) is 16.7 Å². The van der Waals surface area contributed by atoms with Gasteiger partial charge in [0.2, 0.25) is 0 Å². The maximum Gasteiger partial charge on any atom is 0.261 e. The Morgan fingerprint density at radius 1 is 1.07 bits per heavy atom. The molecule has 8 nitrogen and oxygen atoms in total. The lowest BCUT2D eigenvalue weighted by molar-refractivity contribution is 0.210. The van der Waals surface area contributed by atoms with Crippen LogP contribution in [-0.2, 0) is 10.0 Å². The molecule has 27 heavy (non-hydrogen) atoms. The fourth-order valence-electron chi connectivity index (χ4n) is 3.09. The molecule has 4 rings (SSSR count). The number of ether oxygens (including phenoxy) is 1. The van der Waals surface area contributed by atoms with Crippen molar-refractivity contribution < 1.29 is 13.2 Å². The van der Waals surface area contributed by atoms with E-state index in [1.165, 1.54) is 36.0 Å². The SMILES string of the molecule is O=S(=O)(Nc1ccc(OC2CCCC2)cc1)c1cccc(-n2cnnn2)c1. The summed E-state index contributed by atoms with van der Waals surface area (Å²) in [6.45, 7) is 0. The number of benzene rings is 2. The number of tetrazole rings is 1. The van der Waals surface area contributed by atoms with E-state index >= 15 is 0 Å². The van der Waals surface area contributed by atoms with Crippen LogP contribution >= 0.6 is 0 Å². The van der Waals surface area contributed by atoms with Crippen molar-refractivity contribution >= 4 is 15.7 Å². The summed E-state index contributed by atoms with van der Waals surface area (Å²) in [5, 5.41) is 10.9. The van der Waals surface area contributed by atoms with Crippen LogP contribution in [0.3, 0.4) is 0 Å². The average molecular weight is 385 g/mol. The first-order valence-electron chi connectivity index (χ1n) is 8.73. The van der Waals surface area contributed by atoms with Gasteiger partial charge >= 0.3 is 0 Å². The first-order valence-corrected chi connectivity index (χ1v) is 10.2. The van der Waals surface area contributed by atoms with Crippen LogP contribution in [0, 0.1) is 0 Å².